The van der Waals surface area contributed by atoms with Crippen LogP contribution in [0.15, 0.2) is 48.9 Å². The highest BCUT2D eigenvalue weighted by atomic mass is 19.1. The summed E-state index contributed by atoms with van der Waals surface area (Å²) in [6.07, 6.45) is 6.56. The zero-order chi connectivity index (χ0) is 24.5. The van der Waals surface area contributed by atoms with Gasteiger partial charge >= 0.3 is 11.8 Å². The maximum absolute atomic E-state index is 14.2. The number of rotatable bonds is 4. The Morgan fingerprint density at radius 2 is 2.03 bits per heavy atom. The lowest BCUT2D eigenvalue weighted by molar-refractivity contribution is -0.693. The van der Waals surface area contributed by atoms with Crippen molar-refractivity contribution in [2.75, 3.05) is 26.1 Å². The van der Waals surface area contributed by atoms with Gasteiger partial charge in [0.15, 0.2) is 0 Å². The number of halogens is 1. The molecule has 0 aliphatic carbocycles. The van der Waals surface area contributed by atoms with E-state index in [0.717, 1.165) is 12.8 Å². The Hall–Kier alpha value is -4.08. The number of fused-ring (bicyclic) bond motifs is 4. The molecule has 2 unspecified atom stereocenters. The number of nitrogens with zero attached hydrogens (tertiary/aromatic N) is 4. The molecular formula is C25H25FN5O4+. The van der Waals surface area contributed by atoms with E-state index in [1.165, 1.54) is 32.4 Å². The highest BCUT2D eigenvalue weighted by Crippen LogP contribution is 2.31. The van der Waals surface area contributed by atoms with Gasteiger partial charge < -0.3 is 19.7 Å². The molecule has 10 heteroatoms. The molecule has 0 saturated carbocycles. The van der Waals surface area contributed by atoms with Gasteiger partial charge in [-0.15, -0.1) is 0 Å². The van der Waals surface area contributed by atoms with E-state index in [-0.39, 0.29) is 23.6 Å². The lowest BCUT2D eigenvalue weighted by Gasteiger charge is -2.40. The largest absolute Gasteiger partial charge is 0.496 e. The first-order chi connectivity index (χ1) is 17.0. The number of methoxy groups -OCH3 is 2. The van der Waals surface area contributed by atoms with Gasteiger partial charge in [-0.05, 0) is 42.1 Å². The summed E-state index contributed by atoms with van der Waals surface area (Å²) in [6, 6.07) is 7.36. The molecule has 1 amide bonds. The maximum atomic E-state index is 14.2. The highest BCUT2D eigenvalue weighted by Gasteiger charge is 2.38. The zero-order valence-electron chi connectivity index (χ0n) is 19.4. The molecule has 4 heterocycles. The molecule has 1 aromatic carbocycles. The number of benzene rings is 1. The molecule has 3 aromatic rings. The second kappa shape index (κ2) is 9.28. The minimum absolute atomic E-state index is 0.0648. The van der Waals surface area contributed by atoms with Gasteiger partial charge in [-0.2, -0.15) is 0 Å². The van der Waals surface area contributed by atoms with Gasteiger partial charge in [0, 0.05) is 24.8 Å². The van der Waals surface area contributed by atoms with E-state index >= 15 is 0 Å². The molecule has 9 nitrogen and oxygen atoms in total. The number of hydrogen-bond donors (Lipinski definition) is 1. The number of amides is 1. The van der Waals surface area contributed by atoms with Crippen LogP contribution in [0.4, 0.5) is 10.2 Å². The molecule has 2 aliphatic rings. The Kier molecular flexibility index (Phi) is 6.02. The van der Waals surface area contributed by atoms with Gasteiger partial charge in [0.25, 0.3) is 5.91 Å². The van der Waals surface area contributed by atoms with Crippen LogP contribution < -0.4 is 14.6 Å². The Morgan fingerprint density at radius 3 is 2.83 bits per heavy atom. The van der Waals surface area contributed by atoms with Crippen molar-refractivity contribution in [3.05, 3.63) is 65.9 Å². The molecule has 180 valence electrons. The molecule has 1 N–H and O–H groups in total. The molecule has 0 spiro atoms. The van der Waals surface area contributed by atoms with Crippen molar-refractivity contribution < 1.29 is 28.0 Å². The van der Waals surface area contributed by atoms with E-state index in [9.17, 15) is 14.0 Å². The Labute approximate surface area is 201 Å². The first-order valence-electron chi connectivity index (χ1n) is 11.3. The van der Waals surface area contributed by atoms with Crippen molar-refractivity contribution in [2.45, 2.75) is 31.5 Å². The number of anilines is 1. The van der Waals surface area contributed by atoms with E-state index in [4.69, 9.17) is 9.47 Å². The first-order valence-corrected chi connectivity index (χ1v) is 11.3. The monoisotopic (exact) mass is 478 g/mol. The normalized spacial score (nSPS) is 18.9. The molecule has 0 radical (unpaired) electrons. The third-order valence-corrected chi connectivity index (χ3v) is 6.51. The lowest BCUT2D eigenvalue weighted by Crippen LogP contribution is -2.58. The van der Waals surface area contributed by atoms with Crippen LogP contribution in [0.25, 0.3) is 11.4 Å². The van der Waals surface area contributed by atoms with E-state index in [1.807, 2.05) is 21.7 Å². The molecule has 35 heavy (non-hydrogen) atoms. The predicted molar refractivity (Wildman–Crippen MR) is 123 cm³/mol. The lowest BCUT2D eigenvalue weighted by atomic mass is 9.94. The van der Waals surface area contributed by atoms with Gasteiger partial charge in [-0.25, -0.2) is 18.7 Å². The Morgan fingerprint density at radius 1 is 1.17 bits per heavy atom. The van der Waals surface area contributed by atoms with Crippen LogP contribution in [0.2, 0.25) is 0 Å². The summed E-state index contributed by atoms with van der Waals surface area (Å²) in [5.74, 6) is 0.0829. The summed E-state index contributed by atoms with van der Waals surface area (Å²) in [4.78, 5) is 36.7. The summed E-state index contributed by atoms with van der Waals surface area (Å²) in [5, 5.41) is 3.32. The third-order valence-electron chi connectivity index (χ3n) is 6.51. The van der Waals surface area contributed by atoms with E-state index in [1.54, 1.807) is 18.5 Å². The maximum Gasteiger partial charge on any atom is 0.345 e. The molecule has 2 atom stereocenters. The number of ether oxygens (including phenoxy) is 2. The van der Waals surface area contributed by atoms with Gasteiger partial charge in [0.05, 0.1) is 37.6 Å². The summed E-state index contributed by atoms with van der Waals surface area (Å²) in [5.41, 5.74) is 1.07. The molecule has 5 rings (SSSR count). The second-order valence-electron chi connectivity index (χ2n) is 8.54. The number of aromatic nitrogens is 3. The number of hydrogen-bond acceptors (Lipinski definition) is 7. The van der Waals surface area contributed by atoms with Crippen LogP contribution in [0, 0.1) is 5.82 Å². The Bertz CT molecular complexity index is 1300. The van der Waals surface area contributed by atoms with Crippen LogP contribution in [0.5, 0.6) is 5.75 Å². The SMILES string of the molecule is COC(=O)c1c(OC)ccnc1NC1CCC2C[n+]3cccnc3-c3cc(F)ccc3C(=O)N2C1. The minimum atomic E-state index is -0.565. The molecule has 1 saturated heterocycles. The molecule has 0 bridgehead atoms. The molecule has 2 aliphatic heterocycles. The van der Waals surface area contributed by atoms with Crippen LogP contribution in [-0.4, -0.2) is 59.6 Å². The number of carbonyl (C=O) groups is 2. The van der Waals surface area contributed by atoms with Gasteiger partial charge in [0.2, 0.25) is 0 Å². The van der Waals surface area contributed by atoms with Crippen molar-refractivity contribution in [3.63, 3.8) is 0 Å². The number of piperidine rings is 1. The fraction of sp³-hybridized carbons (Fsp3) is 0.320. The highest BCUT2D eigenvalue weighted by molar-refractivity contribution is 6.00. The minimum Gasteiger partial charge on any atom is -0.496 e. The first kappa shape index (κ1) is 22.7. The van der Waals surface area contributed by atoms with Gasteiger partial charge in [-0.3, -0.25) is 4.79 Å². The number of esters is 1. The molecular weight excluding hydrogens is 453 g/mol. The van der Waals surface area contributed by atoms with Crippen LogP contribution in [0.1, 0.15) is 33.6 Å². The summed E-state index contributed by atoms with van der Waals surface area (Å²) in [6.45, 7) is 0.929. The van der Waals surface area contributed by atoms with Crippen molar-refractivity contribution >= 4 is 17.7 Å². The predicted octanol–water partition coefficient (Wildman–Crippen LogP) is 2.46. The fourth-order valence-corrected chi connectivity index (χ4v) is 4.84. The molecule has 2 aromatic heterocycles. The quantitative estimate of drug-likeness (QED) is 0.455. The average Bonchev–Trinajstić information content (AvgIpc) is 2.88. The summed E-state index contributed by atoms with van der Waals surface area (Å²) < 4.78 is 26.4. The van der Waals surface area contributed by atoms with Crippen molar-refractivity contribution in [1.29, 1.82) is 0 Å². The van der Waals surface area contributed by atoms with Crippen molar-refractivity contribution in [2.24, 2.45) is 0 Å². The number of carbonyl (C=O) groups excluding carboxylic acids is 2. The van der Waals surface area contributed by atoms with E-state index < -0.39 is 11.8 Å². The fourth-order valence-electron chi connectivity index (χ4n) is 4.84. The topological polar surface area (TPSA) is 97.5 Å². The van der Waals surface area contributed by atoms with Crippen LogP contribution >= 0.6 is 0 Å². The summed E-state index contributed by atoms with van der Waals surface area (Å²) >= 11 is 0. The Balaban J connectivity index is 1.48. The number of pyridine rings is 1. The van der Waals surface area contributed by atoms with Crippen molar-refractivity contribution in [1.82, 2.24) is 14.9 Å². The van der Waals surface area contributed by atoms with Gasteiger partial charge in [-0.1, -0.05) is 0 Å². The summed E-state index contributed by atoms with van der Waals surface area (Å²) in [7, 11) is 2.77. The second-order valence-corrected chi connectivity index (χ2v) is 8.54. The molecule has 1 fully saturated rings. The van der Waals surface area contributed by atoms with Crippen LogP contribution in [-0.2, 0) is 11.3 Å². The number of nitrogens with one attached hydrogen (secondary N) is 1. The average molecular weight is 479 g/mol. The van der Waals surface area contributed by atoms with Crippen LogP contribution in [0.3, 0.4) is 0 Å². The van der Waals surface area contributed by atoms with E-state index in [0.29, 0.717) is 41.6 Å². The third kappa shape index (κ3) is 4.16. The standard InChI is InChI=1S/C25H24FN5O4/c1-34-20-8-10-27-22(21(20)25(33)35-2)29-16-5-6-17-14-30-11-3-9-28-23(30)19-12-15(26)4-7-18(19)24(32)31(17)13-16/h3-4,7-12,16-17H,5-6,13-14H2,1-2H3/p+1. The zero-order valence-corrected chi connectivity index (χ0v) is 19.4. The smallest absolute Gasteiger partial charge is 0.345 e. The van der Waals surface area contributed by atoms with Gasteiger partial charge in [0.1, 0.15) is 35.7 Å². The van der Waals surface area contributed by atoms with Crippen molar-refractivity contribution in [3.8, 4) is 17.1 Å². The van der Waals surface area contributed by atoms with E-state index in [2.05, 4.69) is 15.3 Å².